The molecule has 246 valence electrons. The first-order valence-electron chi connectivity index (χ1n) is 16.7. The number of benzene rings is 5. The molecule has 0 radical (unpaired) electrons. The summed E-state index contributed by atoms with van der Waals surface area (Å²) in [5, 5.41) is 4.62. The van der Waals surface area contributed by atoms with Crippen molar-refractivity contribution in [2.24, 2.45) is 0 Å². The molecule has 6 nitrogen and oxygen atoms in total. The van der Waals surface area contributed by atoms with E-state index in [0.29, 0.717) is 18.5 Å². The zero-order valence-corrected chi connectivity index (χ0v) is 28.8. The Morgan fingerprint density at radius 2 is 1.18 bits per heavy atom. The quantitative estimate of drug-likeness (QED) is 0.141. The molecule has 0 bridgehead atoms. The Labute approximate surface area is 288 Å². The number of para-hydroxylation sites is 1. The summed E-state index contributed by atoms with van der Waals surface area (Å²) in [6.45, 7) is 6.84. The Morgan fingerprint density at radius 3 is 1.73 bits per heavy atom. The number of fused-ring (bicyclic) bond motifs is 1. The normalized spacial score (nSPS) is 12.7. The van der Waals surface area contributed by atoms with E-state index in [1.165, 1.54) is 3.97 Å². The number of aromatic nitrogens is 3. The molecule has 0 aliphatic heterocycles. The number of imidazole rings is 1. The van der Waals surface area contributed by atoms with Crippen LogP contribution in [0.4, 0.5) is 0 Å². The van der Waals surface area contributed by atoms with E-state index in [2.05, 4.69) is 115 Å². The summed E-state index contributed by atoms with van der Waals surface area (Å²) >= 11 is 0. The smallest absolute Gasteiger partial charge is 0.268 e. The summed E-state index contributed by atoms with van der Waals surface area (Å²) in [5.74, 6) is 0. The molecule has 2 aromatic heterocycles. The molecule has 0 aliphatic rings. The van der Waals surface area contributed by atoms with E-state index < -0.39 is 15.6 Å². The Hall–Kier alpha value is -5.24. The molecule has 7 rings (SSSR count). The van der Waals surface area contributed by atoms with Crippen molar-refractivity contribution in [3.05, 3.63) is 191 Å². The minimum Gasteiger partial charge on any atom is -0.316 e. The maximum absolute atomic E-state index is 14.0. The molecule has 5 aromatic carbocycles. The summed E-state index contributed by atoms with van der Waals surface area (Å²) in [4.78, 5) is 5.31. The van der Waals surface area contributed by atoms with E-state index in [1.807, 2.05) is 43.6 Å². The van der Waals surface area contributed by atoms with Gasteiger partial charge in [-0.05, 0) is 61.2 Å². The Balaban J connectivity index is 1.24. The maximum Gasteiger partial charge on any atom is 0.268 e. The molecule has 7 heteroatoms. The van der Waals surface area contributed by atoms with Crippen LogP contribution in [0, 0.1) is 13.8 Å². The van der Waals surface area contributed by atoms with Crippen LogP contribution in [-0.4, -0.2) is 28.5 Å². The van der Waals surface area contributed by atoms with Crippen LogP contribution in [0.1, 0.15) is 52.3 Å². The Bertz CT molecular complexity index is 2200. The molecule has 0 fully saturated rings. The van der Waals surface area contributed by atoms with E-state index in [9.17, 15) is 8.42 Å². The first-order valence-corrected chi connectivity index (χ1v) is 18.1. The lowest BCUT2D eigenvalue weighted by Crippen LogP contribution is -2.38. The topological polar surface area (TPSA) is 68.9 Å². The second-order valence-corrected chi connectivity index (χ2v) is 14.3. The molecular weight excluding hydrogens is 625 g/mol. The fourth-order valence-corrected chi connectivity index (χ4v) is 8.98. The molecule has 1 N–H and O–H groups in total. The number of hydrogen-bond acceptors (Lipinski definition) is 4. The predicted molar refractivity (Wildman–Crippen MR) is 197 cm³/mol. The molecule has 0 amide bonds. The van der Waals surface area contributed by atoms with Crippen molar-refractivity contribution in [3.8, 4) is 0 Å². The van der Waals surface area contributed by atoms with E-state index in [4.69, 9.17) is 4.98 Å². The van der Waals surface area contributed by atoms with Gasteiger partial charge < -0.3 is 9.88 Å². The zero-order chi connectivity index (χ0) is 34.0. The third kappa shape index (κ3) is 5.59. The lowest BCUT2D eigenvalue weighted by atomic mass is 9.76. The summed E-state index contributed by atoms with van der Waals surface area (Å²) in [6, 6.07) is 48.1. The van der Waals surface area contributed by atoms with Gasteiger partial charge in [0.1, 0.15) is 5.54 Å². The van der Waals surface area contributed by atoms with Crippen LogP contribution in [0.3, 0.4) is 0 Å². The van der Waals surface area contributed by atoms with Crippen molar-refractivity contribution in [1.82, 2.24) is 18.8 Å². The van der Waals surface area contributed by atoms with Crippen LogP contribution in [-0.2, 0) is 22.0 Å². The summed E-state index contributed by atoms with van der Waals surface area (Å²) in [5.41, 5.74) is 7.22. The fraction of sp³-hybridized carbons (Fsp3) is 0.167. The molecular formula is C42H40N4O2S. The highest BCUT2D eigenvalue weighted by molar-refractivity contribution is 7.90. The highest BCUT2D eigenvalue weighted by atomic mass is 32.2. The molecule has 49 heavy (non-hydrogen) atoms. The first-order chi connectivity index (χ1) is 23.8. The standard InChI is InChI=1S/C42H40N4O2S/c1-31-38-26-16-17-27-40(38)46(49(47,48)37-24-14-7-15-25-37)39(31)28-29-43-32(2)41-33(3)45(30-44-41)42(34-18-8-4-9-19-34,35-20-10-5-11-21-35)36-22-12-6-13-23-36/h4-27,30,32,43H,28-29H2,1-3H3/t32-/m1/s1. The molecule has 0 unspecified atom stereocenters. The van der Waals surface area contributed by atoms with Gasteiger partial charge in [-0.25, -0.2) is 17.4 Å². The second-order valence-electron chi connectivity index (χ2n) is 12.5. The van der Waals surface area contributed by atoms with E-state index >= 15 is 0 Å². The summed E-state index contributed by atoms with van der Waals surface area (Å²) in [7, 11) is -3.80. The van der Waals surface area contributed by atoms with Gasteiger partial charge in [0.05, 0.1) is 22.4 Å². The van der Waals surface area contributed by atoms with Gasteiger partial charge in [0.25, 0.3) is 10.0 Å². The Kier molecular flexibility index (Phi) is 8.80. The highest BCUT2D eigenvalue weighted by Crippen LogP contribution is 2.42. The third-order valence-corrected chi connectivity index (χ3v) is 11.5. The van der Waals surface area contributed by atoms with Crippen molar-refractivity contribution >= 4 is 20.9 Å². The van der Waals surface area contributed by atoms with Gasteiger partial charge >= 0.3 is 0 Å². The van der Waals surface area contributed by atoms with Crippen molar-refractivity contribution in [2.75, 3.05) is 6.54 Å². The van der Waals surface area contributed by atoms with Gasteiger partial charge in [-0.3, -0.25) is 0 Å². The van der Waals surface area contributed by atoms with Crippen LogP contribution in [0.2, 0.25) is 0 Å². The van der Waals surface area contributed by atoms with Crippen molar-refractivity contribution < 1.29 is 8.42 Å². The van der Waals surface area contributed by atoms with Gasteiger partial charge in [0, 0.05) is 35.8 Å². The molecule has 2 heterocycles. The number of nitrogens with one attached hydrogen (secondary N) is 1. The molecule has 0 aliphatic carbocycles. The van der Waals surface area contributed by atoms with Gasteiger partial charge in [-0.2, -0.15) is 0 Å². The van der Waals surface area contributed by atoms with Crippen LogP contribution in [0.5, 0.6) is 0 Å². The SMILES string of the molecule is Cc1c(CCN[C@H](C)c2ncn(C(c3ccccc3)(c3ccccc3)c3ccccc3)c2C)n(S(=O)(=O)c2ccccc2)c2ccccc12. The molecule has 0 saturated heterocycles. The molecule has 0 saturated carbocycles. The number of aryl methyl sites for hydroxylation is 1. The number of rotatable bonds is 11. The predicted octanol–water partition coefficient (Wildman–Crippen LogP) is 8.43. The highest BCUT2D eigenvalue weighted by Gasteiger charge is 2.40. The van der Waals surface area contributed by atoms with Crippen LogP contribution < -0.4 is 5.32 Å². The van der Waals surface area contributed by atoms with Crippen molar-refractivity contribution in [2.45, 2.75) is 43.7 Å². The minimum absolute atomic E-state index is 0.0925. The van der Waals surface area contributed by atoms with Crippen LogP contribution >= 0.6 is 0 Å². The van der Waals surface area contributed by atoms with E-state index in [0.717, 1.165) is 44.7 Å². The molecule has 7 aromatic rings. The van der Waals surface area contributed by atoms with Crippen LogP contribution in [0.25, 0.3) is 10.9 Å². The average molecular weight is 665 g/mol. The monoisotopic (exact) mass is 664 g/mol. The molecule has 0 spiro atoms. The number of hydrogen-bond donors (Lipinski definition) is 1. The van der Waals surface area contributed by atoms with Gasteiger partial charge in [-0.15, -0.1) is 0 Å². The number of nitrogens with zero attached hydrogens (tertiary/aromatic N) is 3. The molecule has 1 atom stereocenters. The first kappa shape index (κ1) is 32.3. The Morgan fingerprint density at radius 1 is 0.694 bits per heavy atom. The lowest BCUT2D eigenvalue weighted by Gasteiger charge is -2.38. The third-order valence-electron chi connectivity index (χ3n) is 9.69. The van der Waals surface area contributed by atoms with Crippen molar-refractivity contribution in [1.29, 1.82) is 0 Å². The lowest BCUT2D eigenvalue weighted by molar-refractivity contribution is 0.499. The van der Waals surface area contributed by atoms with E-state index in [-0.39, 0.29) is 10.9 Å². The van der Waals surface area contributed by atoms with Crippen LogP contribution in [0.15, 0.2) is 157 Å². The summed E-state index contributed by atoms with van der Waals surface area (Å²) in [6.07, 6.45) is 2.49. The van der Waals surface area contributed by atoms with Gasteiger partial charge in [-0.1, -0.05) is 127 Å². The van der Waals surface area contributed by atoms with Gasteiger partial charge in [0.2, 0.25) is 0 Å². The van der Waals surface area contributed by atoms with Crippen molar-refractivity contribution in [3.63, 3.8) is 0 Å². The zero-order valence-electron chi connectivity index (χ0n) is 28.0. The summed E-state index contributed by atoms with van der Waals surface area (Å²) < 4.78 is 31.9. The largest absolute Gasteiger partial charge is 0.316 e. The second kappa shape index (κ2) is 13.3. The van der Waals surface area contributed by atoms with E-state index in [1.54, 1.807) is 24.3 Å². The average Bonchev–Trinajstić information content (AvgIpc) is 3.67. The van der Waals surface area contributed by atoms with Gasteiger partial charge in [0.15, 0.2) is 0 Å². The fourth-order valence-electron chi connectivity index (χ4n) is 7.33. The minimum atomic E-state index is -3.80. The maximum atomic E-state index is 14.0.